The molecule has 0 aromatic rings. The average Bonchev–Trinajstić information content (AvgIpc) is 2.18. The van der Waals surface area contributed by atoms with E-state index < -0.39 is 0 Å². The molecule has 13 heavy (non-hydrogen) atoms. The molecule has 1 nitrogen and oxygen atoms in total. The van der Waals surface area contributed by atoms with Crippen molar-refractivity contribution in [1.29, 1.82) is 5.26 Å². The highest BCUT2D eigenvalue weighted by Crippen LogP contribution is 1.98. The highest BCUT2D eigenvalue weighted by molar-refractivity contribution is 5.36. The van der Waals surface area contributed by atoms with Gasteiger partial charge in [0, 0.05) is 5.57 Å². The monoisotopic (exact) mass is 175 g/mol. The normalized spacial score (nSPS) is 9.08. The summed E-state index contributed by atoms with van der Waals surface area (Å²) in [5.74, 6) is 0. The van der Waals surface area contributed by atoms with E-state index in [-0.39, 0.29) is 0 Å². The first-order valence-corrected chi connectivity index (χ1v) is 4.29. The summed E-state index contributed by atoms with van der Waals surface area (Å²) in [5, 5.41) is 8.33. The van der Waals surface area contributed by atoms with Crippen LogP contribution >= 0.6 is 0 Å². The van der Waals surface area contributed by atoms with Crippen molar-refractivity contribution in [1.82, 2.24) is 0 Å². The molecule has 0 aliphatic heterocycles. The molecular weight excluding hydrogens is 158 g/mol. The number of hydrogen-bond donors (Lipinski definition) is 0. The van der Waals surface area contributed by atoms with E-state index in [0.29, 0.717) is 5.57 Å². The quantitative estimate of drug-likeness (QED) is 0.473. The van der Waals surface area contributed by atoms with Crippen LogP contribution in [0.15, 0.2) is 48.6 Å². The summed E-state index contributed by atoms with van der Waals surface area (Å²) in [6, 6.07) is 1.92. The van der Waals surface area contributed by atoms with Gasteiger partial charge in [-0.15, -0.1) is 0 Å². The van der Waals surface area contributed by atoms with Crippen LogP contribution in [0, 0.1) is 11.3 Å². The van der Waals surface area contributed by atoms with Gasteiger partial charge in [-0.25, -0.2) is 0 Å². The van der Waals surface area contributed by atoms with Gasteiger partial charge in [-0.2, -0.15) is 5.26 Å². The van der Waals surface area contributed by atoms with Crippen molar-refractivity contribution in [3.63, 3.8) is 0 Å². The Balaban J connectivity index is 0. The van der Waals surface area contributed by atoms with Gasteiger partial charge in [-0.05, 0) is 18.6 Å². The lowest BCUT2D eigenvalue weighted by atomic mass is 10.2. The standard InChI is InChI=1S/C10H11N.C2H6/c1-4-5-9(2)6-7-10(3)8-11;1-2/h4-7H,2-3H2,1H3;1-2H3/b5-4+,7-6-;. The Morgan fingerprint density at radius 3 is 2.08 bits per heavy atom. The van der Waals surface area contributed by atoms with E-state index in [1.807, 2.05) is 39.0 Å². The van der Waals surface area contributed by atoms with E-state index in [1.54, 1.807) is 12.2 Å². The zero-order valence-electron chi connectivity index (χ0n) is 8.67. The van der Waals surface area contributed by atoms with Gasteiger partial charge in [0.15, 0.2) is 0 Å². The third kappa shape index (κ3) is 10.4. The number of hydrogen-bond acceptors (Lipinski definition) is 1. The molecule has 0 aromatic heterocycles. The maximum Gasteiger partial charge on any atom is 0.0985 e. The van der Waals surface area contributed by atoms with Crippen molar-refractivity contribution >= 4 is 0 Å². The van der Waals surface area contributed by atoms with Crippen LogP contribution in [-0.4, -0.2) is 0 Å². The molecule has 0 saturated heterocycles. The molecule has 0 heterocycles. The van der Waals surface area contributed by atoms with E-state index in [0.717, 1.165) is 5.57 Å². The first kappa shape index (κ1) is 14.0. The first-order chi connectivity index (χ1) is 6.20. The average molecular weight is 175 g/mol. The fraction of sp³-hybridized carbons (Fsp3) is 0.250. The van der Waals surface area contributed by atoms with Gasteiger partial charge in [0.2, 0.25) is 0 Å². The molecule has 0 amide bonds. The van der Waals surface area contributed by atoms with Crippen LogP contribution in [0.25, 0.3) is 0 Å². The molecular formula is C12H17N. The highest BCUT2D eigenvalue weighted by Gasteiger charge is 1.81. The van der Waals surface area contributed by atoms with Crippen molar-refractivity contribution in [2.24, 2.45) is 0 Å². The molecule has 0 N–H and O–H groups in total. The van der Waals surface area contributed by atoms with Gasteiger partial charge < -0.3 is 0 Å². The third-order valence-corrected chi connectivity index (χ3v) is 1.02. The molecule has 70 valence electrons. The van der Waals surface area contributed by atoms with E-state index in [2.05, 4.69) is 13.2 Å². The van der Waals surface area contributed by atoms with Gasteiger partial charge in [0.1, 0.15) is 0 Å². The molecule has 1 heteroatoms. The van der Waals surface area contributed by atoms with Gasteiger partial charge >= 0.3 is 0 Å². The fourth-order valence-corrected chi connectivity index (χ4v) is 0.515. The predicted octanol–water partition coefficient (Wildman–Crippen LogP) is 3.78. The van der Waals surface area contributed by atoms with Gasteiger partial charge in [0.05, 0.1) is 6.07 Å². The zero-order chi connectivity index (χ0) is 10.7. The minimum Gasteiger partial charge on any atom is -0.192 e. The molecule has 0 rings (SSSR count). The Labute approximate surface area is 81.4 Å². The minimum absolute atomic E-state index is 0.440. The Hall–Kier alpha value is -1.55. The van der Waals surface area contributed by atoms with Crippen molar-refractivity contribution in [2.75, 3.05) is 0 Å². The van der Waals surface area contributed by atoms with Crippen LogP contribution in [0.5, 0.6) is 0 Å². The molecule has 0 radical (unpaired) electrons. The molecule has 0 spiro atoms. The van der Waals surface area contributed by atoms with Crippen LogP contribution in [0.1, 0.15) is 20.8 Å². The molecule has 0 bridgehead atoms. The molecule has 0 aromatic carbocycles. The van der Waals surface area contributed by atoms with Crippen LogP contribution in [0.3, 0.4) is 0 Å². The maximum absolute atomic E-state index is 8.33. The van der Waals surface area contributed by atoms with Crippen molar-refractivity contribution in [3.8, 4) is 6.07 Å². The SMILES string of the molecule is C=C(C#N)/C=C\C(=C)/C=C/C.CC. The summed E-state index contributed by atoms with van der Waals surface area (Å²) >= 11 is 0. The zero-order valence-corrected chi connectivity index (χ0v) is 8.67. The summed E-state index contributed by atoms with van der Waals surface area (Å²) in [7, 11) is 0. The van der Waals surface area contributed by atoms with Crippen LogP contribution in [-0.2, 0) is 0 Å². The number of allylic oxidation sites excluding steroid dienone is 6. The molecule has 0 saturated carbocycles. The van der Waals surface area contributed by atoms with E-state index in [9.17, 15) is 0 Å². The Kier molecular flexibility index (Phi) is 11.3. The Morgan fingerprint density at radius 2 is 1.69 bits per heavy atom. The van der Waals surface area contributed by atoms with Crippen LogP contribution in [0.2, 0.25) is 0 Å². The second-order valence-corrected chi connectivity index (χ2v) is 2.05. The second kappa shape index (κ2) is 10.4. The van der Waals surface area contributed by atoms with E-state index in [1.165, 1.54) is 0 Å². The number of nitrogens with zero attached hydrogens (tertiary/aromatic N) is 1. The summed E-state index contributed by atoms with van der Waals surface area (Å²) in [5.41, 5.74) is 1.31. The number of rotatable bonds is 3. The lowest BCUT2D eigenvalue weighted by Crippen LogP contribution is -1.68. The molecule has 0 aliphatic rings. The molecule has 0 atom stereocenters. The van der Waals surface area contributed by atoms with Gasteiger partial charge in [-0.1, -0.05) is 45.2 Å². The largest absolute Gasteiger partial charge is 0.192 e. The van der Waals surface area contributed by atoms with Crippen LogP contribution < -0.4 is 0 Å². The summed E-state index contributed by atoms with van der Waals surface area (Å²) in [4.78, 5) is 0. The molecule has 0 fully saturated rings. The van der Waals surface area contributed by atoms with Gasteiger partial charge in [-0.3, -0.25) is 0 Å². The fourth-order valence-electron chi connectivity index (χ4n) is 0.515. The summed E-state index contributed by atoms with van der Waals surface area (Å²) < 4.78 is 0. The predicted molar refractivity (Wildman–Crippen MR) is 59.2 cm³/mol. The van der Waals surface area contributed by atoms with Crippen molar-refractivity contribution in [2.45, 2.75) is 20.8 Å². The van der Waals surface area contributed by atoms with Gasteiger partial charge in [0.25, 0.3) is 0 Å². The minimum atomic E-state index is 0.440. The summed E-state index contributed by atoms with van der Waals surface area (Å²) in [6.07, 6.45) is 7.15. The van der Waals surface area contributed by atoms with E-state index >= 15 is 0 Å². The van der Waals surface area contributed by atoms with Crippen LogP contribution in [0.4, 0.5) is 0 Å². The summed E-state index contributed by atoms with van der Waals surface area (Å²) in [6.45, 7) is 13.1. The first-order valence-electron chi connectivity index (χ1n) is 4.29. The van der Waals surface area contributed by atoms with E-state index in [4.69, 9.17) is 5.26 Å². The van der Waals surface area contributed by atoms with Crippen molar-refractivity contribution in [3.05, 3.63) is 48.6 Å². The Bertz CT molecular complexity index is 249. The molecule has 0 aliphatic carbocycles. The topological polar surface area (TPSA) is 23.8 Å². The second-order valence-electron chi connectivity index (χ2n) is 2.05. The highest BCUT2D eigenvalue weighted by atomic mass is 14.2. The lowest BCUT2D eigenvalue weighted by molar-refractivity contribution is 1.50. The third-order valence-electron chi connectivity index (χ3n) is 1.02. The smallest absolute Gasteiger partial charge is 0.0985 e. The Morgan fingerprint density at radius 1 is 1.15 bits per heavy atom. The molecule has 0 unspecified atom stereocenters. The number of nitriles is 1. The van der Waals surface area contributed by atoms with Crippen molar-refractivity contribution < 1.29 is 0 Å². The lowest BCUT2D eigenvalue weighted by Gasteiger charge is -1.86. The maximum atomic E-state index is 8.33.